The molecule has 0 saturated carbocycles. The summed E-state index contributed by atoms with van der Waals surface area (Å²) < 4.78 is 0. The Bertz CT molecular complexity index is 247. The molecule has 0 bridgehead atoms. The molecule has 1 aliphatic carbocycles. The molecule has 0 radical (unpaired) electrons. The van der Waals surface area contributed by atoms with Gasteiger partial charge in [0.05, 0.1) is 6.10 Å². The first-order chi connectivity index (χ1) is 4.88. The Morgan fingerprint density at radius 2 is 2.00 bits per heavy atom. The van der Waals surface area contributed by atoms with Crippen molar-refractivity contribution in [2.24, 2.45) is 0 Å². The van der Waals surface area contributed by atoms with Crippen LogP contribution in [0, 0.1) is 0 Å². The molecule has 0 spiro atoms. The van der Waals surface area contributed by atoms with E-state index < -0.39 is 0 Å². The molecule has 4 N–H and O–H groups in total. The largest absolute Gasteiger partial charge is 0.388 e. The van der Waals surface area contributed by atoms with Crippen LogP contribution in [0.1, 0.15) is 23.7 Å². The topological polar surface area (TPSA) is 55.2 Å². The molecular formula is C9H13NO. The van der Waals surface area contributed by atoms with Crippen molar-refractivity contribution < 1.29 is 5.11 Å². The summed E-state index contributed by atoms with van der Waals surface area (Å²) in [6.07, 6.45) is 1.74. The zero-order chi connectivity index (χ0) is 6.97. The van der Waals surface area contributed by atoms with Gasteiger partial charge in [0.15, 0.2) is 0 Å². The number of fused-ring (bicyclic) bond motifs is 1. The molecule has 0 heterocycles. The molecule has 2 heteroatoms. The number of rotatable bonds is 0. The zero-order valence-corrected chi connectivity index (χ0v) is 6.46. The SMILES string of the molecule is N.OC1CCc2ccccc21. The Morgan fingerprint density at radius 1 is 1.27 bits per heavy atom. The fourth-order valence-corrected chi connectivity index (χ4v) is 1.53. The molecule has 0 amide bonds. The third kappa shape index (κ3) is 1.27. The number of aliphatic hydroxyl groups excluding tert-OH is 1. The lowest BCUT2D eigenvalue weighted by atomic mass is 10.1. The number of aryl methyl sites for hydroxylation is 1. The number of hydrogen-bond donors (Lipinski definition) is 2. The summed E-state index contributed by atoms with van der Waals surface area (Å²) in [5.74, 6) is 0. The van der Waals surface area contributed by atoms with Gasteiger partial charge in [0, 0.05) is 0 Å². The molecule has 11 heavy (non-hydrogen) atoms. The minimum absolute atomic E-state index is 0. The van der Waals surface area contributed by atoms with Crippen molar-refractivity contribution in [3.8, 4) is 0 Å². The van der Waals surface area contributed by atoms with E-state index in [0.29, 0.717) is 0 Å². The predicted octanol–water partition coefficient (Wildman–Crippen LogP) is 1.83. The molecule has 2 nitrogen and oxygen atoms in total. The summed E-state index contributed by atoms with van der Waals surface area (Å²) in [5, 5.41) is 9.38. The highest BCUT2D eigenvalue weighted by molar-refractivity contribution is 5.32. The Labute approximate surface area is 66.5 Å². The maximum atomic E-state index is 9.38. The molecule has 2 rings (SSSR count). The van der Waals surface area contributed by atoms with E-state index in [0.717, 1.165) is 18.4 Å². The van der Waals surface area contributed by atoms with Gasteiger partial charge in [-0.15, -0.1) is 0 Å². The molecule has 1 aromatic carbocycles. The predicted molar refractivity (Wildman–Crippen MR) is 44.7 cm³/mol. The van der Waals surface area contributed by atoms with E-state index in [-0.39, 0.29) is 12.3 Å². The van der Waals surface area contributed by atoms with Crippen molar-refractivity contribution in [3.05, 3.63) is 35.4 Å². The third-order valence-corrected chi connectivity index (χ3v) is 2.10. The van der Waals surface area contributed by atoms with E-state index in [2.05, 4.69) is 6.07 Å². The molecule has 1 atom stereocenters. The Balaban J connectivity index is 0.000000605. The van der Waals surface area contributed by atoms with E-state index in [1.165, 1.54) is 5.56 Å². The fraction of sp³-hybridized carbons (Fsp3) is 0.333. The lowest BCUT2D eigenvalue weighted by Gasteiger charge is -2.00. The standard InChI is InChI=1S/C9H10O.H3N/c10-9-6-5-7-3-1-2-4-8(7)9;/h1-4,9-10H,5-6H2;1H3. The molecule has 0 saturated heterocycles. The third-order valence-electron chi connectivity index (χ3n) is 2.10. The highest BCUT2D eigenvalue weighted by Crippen LogP contribution is 2.29. The van der Waals surface area contributed by atoms with Crippen LogP contribution in [0.25, 0.3) is 0 Å². The van der Waals surface area contributed by atoms with Gasteiger partial charge in [-0.25, -0.2) is 0 Å². The minimum Gasteiger partial charge on any atom is -0.388 e. The molecule has 60 valence electrons. The van der Waals surface area contributed by atoms with E-state index in [1.54, 1.807) is 0 Å². The number of hydrogen-bond acceptors (Lipinski definition) is 2. The maximum Gasteiger partial charge on any atom is 0.0795 e. The average molecular weight is 151 g/mol. The van der Waals surface area contributed by atoms with Crippen molar-refractivity contribution >= 4 is 0 Å². The Kier molecular flexibility index (Phi) is 2.27. The summed E-state index contributed by atoms with van der Waals surface area (Å²) in [4.78, 5) is 0. The minimum atomic E-state index is -0.198. The van der Waals surface area contributed by atoms with Gasteiger partial charge in [0.25, 0.3) is 0 Å². The number of aliphatic hydroxyl groups is 1. The fourth-order valence-electron chi connectivity index (χ4n) is 1.53. The van der Waals surface area contributed by atoms with Gasteiger partial charge in [-0.05, 0) is 24.0 Å². The Hall–Kier alpha value is -0.860. The van der Waals surface area contributed by atoms with Gasteiger partial charge in [-0.3, -0.25) is 0 Å². The summed E-state index contributed by atoms with van der Waals surface area (Å²) >= 11 is 0. The van der Waals surface area contributed by atoms with Crippen molar-refractivity contribution in [2.75, 3.05) is 0 Å². The van der Waals surface area contributed by atoms with Crippen LogP contribution in [-0.4, -0.2) is 5.11 Å². The molecular weight excluding hydrogens is 138 g/mol. The van der Waals surface area contributed by atoms with E-state index in [4.69, 9.17) is 0 Å². The second-order valence-electron chi connectivity index (χ2n) is 2.75. The maximum absolute atomic E-state index is 9.38. The molecule has 0 fully saturated rings. The first-order valence-electron chi connectivity index (χ1n) is 3.64. The first kappa shape index (κ1) is 8.24. The second-order valence-corrected chi connectivity index (χ2v) is 2.75. The molecule has 1 aromatic rings. The van der Waals surface area contributed by atoms with Gasteiger partial charge in [0.1, 0.15) is 0 Å². The Morgan fingerprint density at radius 3 is 2.73 bits per heavy atom. The van der Waals surface area contributed by atoms with Crippen LogP contribution in [0.2, 0.25) is 0 Å². The summed E-state index contributed by atoms with van der Waals surface area (Å²) in [6.45, 7) is 0. The van der Waals surface area contributed by atoms with Gasteiger partial charge < -0.3 is 11.3 Å². The van der Waals surface area contributed by atoms with E-state index >= 15 is 0 Å². The number of benzene rings is 1. The van der Waals surface area contributed by atoms with Crippen LogP contribution in [-0.2, 0) is 6.42 Å². The first-order valence-corrected chi connectivity index (χ1v) is 3.64. The van der Waals surface area contributed by atoms with Gasteiger partial charge >= 0.3 is 0 Å². The summed E-state index contributed by atoms with van der Waals surface area (Å²) in [6, 6.07) is 8.10. The van der Waals surface area contributed by atoms with Gasteiger partial charge in [-0.2, -0.15) is 0 Å². The molecule has 1 aliphatic rings. The summed E-state index contributed by atoms with van der Waals surface area (Å²) in [7, 11) is 0. The van der Waals surface area contributed by atoms with Crippen LogP contribution in [0.4, 0.5) is 0 Å². The van der Waals surface area contributed by atoms with Crippen LogP contribution < -0.4 is 6.15 Å². The smallest absolute Gasteiger partial charge is 0.0795 e. The van der Waals surface area contributed by atoms with Crippen LogP contribution in [0.15, 0.2) is 24.3 Å². The quantitative estimate of drug-likeness (QED) is 0.594. The van der Waals surface area contributed by atoms with Crippen molar-refractivity contribution in [2.45, 2.75) is 18.9 Å². The molecule has 0 aromatic heterocycles. The lowest BCUT2D eigenvalue weighted by Crippen LogP contribution is -1.88. The van der Waals surface area contributed by atoms with Crippen LogP contribution in [0.5, 0.6) is 0 Å². The normalized spacial score (nSPS) is 20.6. The molecule has 1 unspecified atom stereocenters. The monoisotopic (exact) mass is 151 g/mol. The van der Waals surface area contributed by atoms with E-state index in [9.17, 15) is 5.11 Å². The van der Waals surface area contributed by atoms with Crippen LogP contribution in [0.3, 0.4) is 0 Å². The van der Waals surface area contributed by atoms with E-state index in [1.807, 2.05) is 18.2 Å². The van der Waals surface area contributed by atoms with Crippen molar-refractivity contribution in [3.63, 3.8) is 0 Å². The zero-order valence-electron chi connectivity index (χ0n) is 6.46. The van der Waals surface area contributed by atoms with Crippen molar-refractivity contribution in [1.29, 1.82) is 0 Å². The summed E-state index contributed by atoms with van der Waals surface area (Å²) in [5.41, 5.74) is 2.44. The van der Waals surface area contributed by atoms with Crippen LogP contribution >= 0.6 is 0 Å². The average Bonchev–Trinajstić information content (AvgIpc) is 2.34. The molecule has 0 aliphatic heterocycles. The van der Waals surface area contributed by atoms with Gasteiger partial charge in [0.2, 0.25) is 0 Å². The van der Waals surface area contributed by atoms with Crippen molar-refractivity contribution in [1.82, 2.24) is 6.15 Å². The highest BCUT2D eigenvalue weighted by Gasteiger charge is 2.18. The van der Waals surface area contributed by atoms with Gasteiger partial charge in [-0.1, -0.05) is 24.3 Å². The lowest BCUT2D eigenvalue weighted by molar-refractivity contribution is 0.180. The highest BCUT2D eigenvalue weighted by atomic mass is 16.3. The second kappa shape index (κ2) is 3.03.